The van der Waals surface area contributed by atoms with E-state index >= 15 is 0 Å². The molecule has 0 radical (unpaired) electrons. The number of ether oxygens (including phenoxy) is 1. The Morgan fingerprint density at radius 3 is 2.43 bits per heavy atom. The highest BCUT2D eigenvalue weighted by atomic mass is 16.7. The normalized spacial score (nSPS) is 27.9. The van der Waals surface area contributed by atoms with Gasteiger partial charge in [-0.2, -0.15) is 0 Å². The van der Waals surface area contributed by atoms with Gasteiger partial charge in [-0.3, -0.25) is 9.69 Å². The van der Waals surface area contributed by atoms with Crippen LogP contribution < -0.4 is 0 Å². The van der Waals surface area contributed by atoms with Crippen LogP contribution in [-0.2, 0) is 18.8 Å². The zero-order valence-electron chi connectivity index (χ0n) is 13.7. The van der Waals surface area contributed by atoms with E-state index < -0.39 is 0 Å². The summed E-state index contributed by atoms with van der Waals surface area (Å²) in [4.78, 5) is 13.6. The molecule has 2 aliphatic rings. The molecular weight excluding hydrogens is 269 g/mol. The third kappa shape index (κ3) is 3.50. The second-order valence-electron chi connectivity index (χ2n) is 6.71. The third-order valence-corrected chi connectivity index (χ3v) is 4.75. The number of nitrogens with zero attached hydrogens (tertiary/aromatic N) is 1. The molecule has 21 heavy (non-hydrogen) atoms. The van der Waals surface area contributed by atoms with Gasteiger partial charge in [0.1, 0.15) is 6.04 Å². The van der Waals surface area contributed by atoms with Crippen molar-refractivity contribution < 1.29 is 18.8 Å². The lowest BCUT2D eigenvalue weighted by Crippen LogP contribution is -2.52. The summed E-state index contributed by atoms with van der Waals surface area (Å²) in [5.74, 6) is 1.83. The van der Waals surface area contributed by atoms with Gasteiger partial charge >= 0.3 is 13.1 Å². The first-order valence-corrected chi connectivity index (χ1v) is 7.61. The van der Waals surface area contributed by atoms with Crippen LogP contribution in [0.25, 0.3) is 0 Å². The summed E-state index contributed by atoms with van der Waals surface area (Å²) in [7, 11) is 1.15. The van der Waals surface area contributed by atoms with Crippen LogP contribution in [0.5, 0.6) is 0 Å². The minimum Gasteiger partial charge on any atom is -0.468 e. The lowest BCUT2D eigenvalue weighted by atomic mass is 9.89. The van der Waals surface area contributed by atoms with Crippen LogP contribution in [0.2, 0.25) is 0 Å². The highest BCUT2D eigenvalue weighted by Gasteiger charge is 2.49. The standard InChI is InChI=1S/C15H26BNO4/c1-14(2)15(3,4)21-16(20-14)9-6-7-10-17-11-8-12(17)13(18)19-5/h6,9,12H,7-8,10-11H2,1-5H3/b9-6+/t12-/m1/s1. The van der Waals surface area contributed by atoms with Crippen molar-refractivity contribution in [2.24, 2.45) is 0 Å². The van der Waals surface area contributed by atoms with E-state index in [-0.39, 0.29) is 30.3 Å². The van der Waals surface area contributed by atoms with Crippen molar-refractivity contribution in [3.05, 3.63) is 12.1 Å². The first-order valence-electron chi connectivity index (χ1n) is 7.61. The topological polar surface area (TPSA) is 48.0 Å². The summed E-state index contributed by atoms with van der Waals surface area (Å²) in [5, 5.41) is 0. The van der Waals surface area contributed by atoms with Gasteiger partial charge in [-0.1, -0.05) is 12.1 Å². The van der Waals surface area contributed by atoms with E-state index in [2.05, 4.69) is 11.0 Å². The Bertz CT molecular complexity index is 406. The first kappa shape index (κ1) is 16.5. The maximum Gasteiger partial charge on any atom is 0.486 e. The predicted molar refractivity (Wildman–Crippen MR) is 81.8 cm³/mol. The van der Waals surface area contributed by atoms with Crippen LogP contribution in [0.1, 0.15) is 40.5 Å². The van der Waals surface area contributed by atoms with Gasteiger partial charge in [0, 0.05) is 13.1 Å². The lowest BCUT2D eigenvalue weighted by molar-refractivity contribution is -0.151. The molecule has 0 N–H and O–H groups in total. The molecule has 2 aliphatic heterocycles. The smallest absolute Gasteiger partial charge is 0.468 e. The maximum atomic E-state index is 11.5. The molecule has 0 aliphatic carbocycles. The summed E-state index contributed by atoms with van der Waals surface area (Å²) >= 11 is 0. The quantitative estimate of drug-likeness (QED) is 0.572. The number of likely N-dealkylation sites (tertiary alicyclic amines) is 1. The van der Waals surface area contributed by atoms with Crippen molar-refractivity contribution >= 4 is 13.1 Å². The molecule has 0 saturated carbocycles. The largest absolute Gasteiger partial charge is 0.486 e. The molecule has 2 saturated heterocycles. The Morgan fingerprint density at radius 1 is 1.33 bits per heavy atom. The summed E-state index contributed by atoms with van der Waals surface area (Å²) in [6, 6.07) is -0.0553. The number of hydrogen-bond donors (Lipinski definition) is 0. The van der Waals surface area contributed by atoms with Crippen molar-refractivity contribution in [3.63, 3.8) is 0 Å². The minimum absolute atomic E-state index is 0.0553. The second-order valence-corrected chi connectivity index (χ2v) is 6.71. The fraction of sp³-hybridized carbons (Fsp3) is 0.800. The first-order chi connectivity index (χ1) is 9.77. The molecular formula is C15H26BNO4. The number of carbonyl (C=O) groups is 1. The van der Waals surface area contributed by atoms with Gasteiger partial charge in [0.15, 0.2) is 0 Å². The van der Waals surface area contributed by atoms with Gasteiger partial charge in [-0.15, -0.1) is 0 Å². The van der Waals surface area contributed by atoms with Crippen molar-refractivity contribution in [1.82, 2.24) is 4.90 Å². The van der Waals surface area contributed by atoms with E-state index in [4.69, 9.17) is 14.0 Å². The van der Waals surface area contributed by atoms with Gasteiger partial charge in [0.2, 0.25) is 0 Å². The fourth-order valence-corrected chi connectivity index (χ4v) is 2.53. The molecule has 118 valence electrons. The van der Waals surface area contributed by atoms with E-state index in [1.165, 1.54) is 7.11 Å². The SMILES string of the molecule is COC(=O)[C@H]1CCN1CC/C=C/B1OC(C)(C)C(C)(C)O1. The van der Waals surface area contributed by atoms with Gasteiger partial charge in [-0.05, 0) is 40.5 Å². The van der Waals surface area contributed by atoms with Gasteiger partial charge in [0.25, 0.3) is 0 Å². The van der Waals surface area contributed by atoms with E-state index in [9.17, 15) is 4.79 Å². The summed E-state index contributed by atoms with van der Waals surface area (Å²) in [5.41, 5.74) is -0.592. The Labute approximate surface area is 127 Å². The molecule has 0 unspecified atom stereocenters. The van der Waals surface area contributed by atoms with Crippen molar-refractivity contribution in [1.29, 1.82) is 0 Å². The van der Waals surface area contributed by atoms with Crippen LogP contribution in [0.15, 0.2) is 12.1 Å². The van der Waals surface area contributed by atoms with Crippen LogP contribution >= 0.6 is 0 Å². The maximum absolute atomic E-state index is 11.5. The highest BCUT2D eigenvalue weighted by molar-refractivity contribution is 6.51. The zero-order valence-corrected chi connectivity index (χ0v) is 13.7. The number of methoxy groups -OCH3 is 1. The van der Waals surface area contributed by atoms with Crippen LogP contribution in [0.4, 0.5) is 0 Å². The molecule has 0 bridgehead atoms. The van der Waals surface area contributed by atoms with Gasteiger partial charge in [0.05, 0.1) is 18.3 Å². The van der Waals surface area contributed by atoms with Crippen LogP contribution in [-0.4, -0.2) is 55.4 Å². The molecule has 2 fully saturated rings. The molecule has 2 rings (SSSR count). The van der Waals surface area contributed by atoms with Gasteiger partial charge < -0.3 is 14.0 Å². The van der Waals surface area contributed by atoms with Crippen molar-refractivity contribution in [3.8, 4) is 0 Å². The van der Waals surface area contributed by atoms with E-state index in [0.29, 0.717) is 0 Å². The molecule has 6 heteroatoms. The van der Waals surface area contributed by atoms with Crippen LogP contribution in [0, 0.1) is 0 Å². The monoisotopic (exact) mass is 295 g/mol. The molecule has 0 amide bonds. The molecule has 5 nitrogen and oxygen atoms in total. The fourth-order valence-electron chi connectivity index (χ4n) is 2.53. The minimum atomic E-state index is -0.296. The van der Waals surface area contributed by atoms with Crippen LogP contribution in [0.3, 0.4) is 0 Å². The van der Waals surface area contributed by atoms with Crippen molar-refractivity contribution in [2.45, 2.75) is 57.8 Å². The second kappa shape index (κ2) is 6.11. The van der Waals surface area contributed by atoms with E-state index in [1.807, 2.05) is 33.7 Å². The molecule has 0 spiro atoms. The van der Waals surface area contributed by atoms with E-state index in [0.717, 1.165) is 25.9 Å². The Morgan fingerprint density at radius 2 is 1.95 bits per heavy atom. The number of esters is 1. The third-order valence-electron chi connectivity index (χ3n) is 4.75. The highest BCUT2D eigenvalue weighted by Crippen LogP contribution is 2.36. The Kier molecular flexibility index (Phi) is 4.80. The van der Waals surface area contributed by atoms with E-state index in [1.54, 1.807) is 0 Å². The molecule has 2 heterocycles. The van der Waals surface area contributed by atoms with Gasteiger partial charge in [-0.25, -0.2) is 0 Å². The molecule has 0 aromatic heterocycles. The zero-order chi connectivity index (χ0) is 15.7. The number of rotatable bonds is 5. The summed E-state index contributed by atoms with van der Waals surface area (Å²) in [6.45, 7) is 9.99. The number of hydrogen-bond acceptors (Lipinski definition) is 5. The number of carbonyl (C=O) groups excluding carboxylic acids is 1. The predicted octanol–water partition coefficient (Wildman–Crippen LogP) is 1.81. The summed E-state index contributed by atoms with van der Waals surface area (Å²) in [6.07, 6.45) is 3.83. The average molecular weight is 295 g/mol. The average Bonchev–Trinajstić information content (AvgIpc) is 2.55. The molecule has 0 aromatic carbocycles. The van der Waals surface area contributed by atoms with Crippen molar-refractivity contribution in [2.75, 3.05) is 20.2 Å². The Hall–Kier alpha value is -0.845. The summed E-state index contributed by atoms with van der Waals surface area (Å²) < 4.78 is 16.6. The Balaban J connectivity index is 1.74. The molecule has 0 aromatic rings. The molecule has 1 atom stereocenters. The lowest BCUT2D eigenvalue weighted by Gasteiger charge is -2.38.